The molecule has 1 aromatic rings. The average Bonchev–Trinajstić information content (AvgIpc) is 2.69. The van der Waals surface area contributed by atoms with Crippen LogP contribution in [0.2, 0.25) is 130 Å². The largest absolute Gasteiger partial charge is 0.494 e. The van der Waals surface area contributed by atoms with Crippen molar-refractivity contribution >= 4 is 73.5 Å². The van der Waals surface area contributed by atoms with Gasteiger partial charge in [-0.2, -0.15) is 0 Å². The Balaban J connectivity index is -0.0000000864. The van der Waals surface area contributed by atoms with Crippen LogP contribution < -0.4 is 4.74 Å². The van der Waals surface area contributed by atoms with Crippen LogP contribution in [0, 0.1) is 0 Å². The molecule has 0 bridgehead atoms. The molecule has 0 aliphatic rings. The highest BCUT2D eigenvalue weighted by molar-refractivity contribution is 6.90. The molecule has 0 aliphatic carbocycles. The molecule has 0 aromatic heterocycles. The van der Waals surface area contributed by atoms with Crippen LogP contribution in [0.1, 0.15) is 77.6 Å². The summed E-state index contributed by atoms with van der Waals surface area (Å²) in [6, 6.07) is 7.31. The number of aromatic carboxylic acids is 1. The van der Waals surface area contributed by atoms with Gasteiger partial charge in [-0.15, -0.1) is 0 Å². The van der Waals surface area contributed by atoms with E-state index in [0.717, 1.165) is 12.5 Å². The Morgan fingerprint density at radius 1 is 0.481 bits per heavy atom. The van der Waals surface area contributed by atoms with Crippen LogP contribution >= 0.6 is 0 Å². The first-order valence-corrected chi connectivity index (χ1v) is 40.9. The van der Waals surface area contributed by atoms with E-state index in [9.17, 15) is 4.79 Å². The first-order chi connectivity index (χ1) is 20.1. The zero-order valence-corrected chi connectivity index (χ0v) is 40.6. The summed E-state index contributed by atoms with van der Waals surface area (Å²) in [6.07, 6.45) is 0.811. The zero-order valence-electron chi connectivity index (χ0n) is 32.6. The third-order valence-corrected chi connectivity index (χ3v) is 31.6. The smallest absolute Gasteiger partial charge is 0.335 e. The Morgan fingerprint density at radius 3 is 1.06 bits per heavy atom. The van der Waals surface area contributed by atoms with Gasteiger partial charge in [0.1, 0.15) is 5.75 Å². The summed E-state index contributed by atoms with van der Waals surface area (Å²) in [5, 5.41) is 8.97. The fraction of sp³-hybridized carbons (Fsp3) is 0.811. The van der Waals surface area contributed by atoms with E-state index in [2.05, 4.69) is 124 Å². The fourth-order valence-corrected chi connectivity index (χ4v) is 41.0. The number of carbonyl (C=O) groups is 1. The topological polar surface area (TPSA) is 102 Å². The molecular weight excluding hydrogens is 813 g/mol. The molecule has 0 amide bonds. The van der Waals surface area contributed by atoms with E-state index in [0.29, 0.717) is 12.4 Å². The van der Waals surface area contributed by atoms with Gasteiger partial charge in [0, 0.05) is 1.43 Å². The van der Waals surface area contributed by atoms with Crippen LogP contribution in [0.4, 0.5) is 0 Å². The minimum absolute atomic E-state index is 0. The van der Waals surface area contributed by atoms with Crippen LogP contribution in [-0.4, -0.2) is 85.2 Å². The maximum Gasteiger partial charge on any atom is 0.335 e. The summed E-state index contributed by atoms with van der Waals surface area (Å²) < 4.78 is 44.1. The molecule has 1 aromatic carbocycles. The molecule has 336 valence electrons. The number of hydrogen-bond acceptors (Lipinski definition) is 8. The van der Waals surface area contributed by atoms with Crippen LogP contribution in [0.5, 0.6) is 5.75 Å². The molecule has 0 spiro atoms. The molecule has 1 rings (SSSR count). The highest BCUT2D eigenvalue weighted by Gasteiger charge is 2.44. The summed E-state index contributed by atoms with van der Waals surface area (Å²) in [7, 11) is -15.4. The Kier molecular flexibility index (Phi) is 39.4. The number of ether oxygens (including phenoxy) is 1. The van der Waals surface area contributed by atoms with E-state index in [1.165, 1.54) is 0 Å². The molecule has 1 atom stereocenters. The Labute approximate surface area is 351 Å². The van der Waals surface area contributed by atoms with Gasteiger partial charge in [0.2, 0.25) is 0 Å². The predicted molar refractivity (Wildman–Crippen MR) is 268 cm³/mol. The van der Waals surface area contributed by atoms with Gasteiger partial charge in [0.05, 0.1) is 12.2 Å². The number of benzene rings is 1. The molecule has 0 saturated heterocycles. The van der Waals surface area contributed by atoms with Gasteiger partial charge in [-0.05, 0) is 161 Å². The second kappa shape index (κ2) is 28.4. The minimum atomic E-state index is -2.42. The number of rotatable bonds is 18. The van der Waals surface area contributed by atoms with Crippen LogP contribution in [0.3, 0.4) is 0 Å². The molecule has 17 heteroatoms. The van der Waals surface area contributed by atoms with Gasteiger partial charge in [0.25, 0.3) is 0 Å². The van der Waals surface area contributed by atoms with E-state index in [1.807, 2.05) is 0 Å². The van der Waals surface area contributed by atoms with Crippen molar-refractivity contribution in [2.75, 3.05) is 6.61 Å². The van der Waals surface area contributed by atoms with Crippen molar-refractivity contribution in [1.29, 1.82) is 0 Å². The van der Waals surface area contributed by atoms with Crippen molar-refractivity contribution in [3.05, 3.63) is 29.8 Å². The molecule has 9 nitrogen and oxygen atoms in total. The second-order valence-corrected chi connectivity index (χ2v) is 50.1. The summed E-state index contributed by atoms with van der Waals surface area (Å²) in [5.41, 5.74) is 0.254. The van der Waals surface area contributed by atoms with Gasteiger partial charge in [-0.25, -0.2) is 4.79 Å². The third kappa shape index (κ3) is 40.2. The van der Waals surface area contributed by atoms with Gasteiger partial charge < -0.3 is 34.5 Å². The van der Waals surface area contributed by atoms with Gasteiger partial charge in [-0.1, -0.05) is 59.4 Å². The Hall–Kier alpha value is -0.0149. The van der Waals surface area contributed by atoms with E-state index >= 15 is 0 Å². The summed E-state index contributed by atoms with van der Waals surface area (Å²) in [5.74, 6) is -0.270. The monoisotopic (exact) mass is 915 g/mol. The van der Waals surface area contributed by atoms with Crippen molar-refractivity contribution in [2.45, 2.75) is 196 Å². The average molecular weight is 916 g/mol. The first kappa shape index (κ1) is 74.9. The molecule has 1 N–H and O–H groups in total. The first-order valence-electron chi connectivity index (χ1n) is 16.3. The standard InChI is InChI=1S/C19H38O6Si4.C10H30O3Si4.8CH4.H2/c1-26(2,3)23-28(7,8)25-29(9,24-27(4,5)6)16-10-15-22-18-13-11-17(12-14-18)19(20)21;1-14(2,3)11-16(7,8)13-17(9,10)12-15(4,5)6;;;;;;;;;/h11-14H,10,15-16H2,1-9H3,(H,20,21);1-10H3;8*1H4;1H. The Morgan fingerprint density at radius 2 is 0.778 bits per heavy atom. The number of carboxylic acids is 1. The molecule has 0 heterocycles. The maximum absolute atomic E-state index is 10.9. The molecule has 0 aliphatic heterocycles. The zero-order chi connectivity index (χ0) is 36.6. The van der Waals surface area contributed by atoms with Crippen molar-refractivity contribution in [3.8, 4) is 5.75 Å². The van der Waals surface area contributed by atoms with Crippen LogP contribution in [0.25, 0.3) is 0 Å². The highest BCUT2D eigenvalue weighted by atomic mass is 28.5. The SMILES string of the molecule is C.C.C.C.C.C.C.C.C[Si](C)(C)O[Si](C)(C)O[Si](C)(C)O[Si](C)(C)C.C[Si](C)(C)O[Si](C)(C)O[Si](C)(CCCOc1ccc(C(=O)O)cc1)O[Si](C)(C)C.[HH]. The van der Waals surface area contributed by atoms with E-state index in [1.54, 1.807) is 24.3 Å². The second-order valence-electron chi connectivity index (χ2n) is 17.2. The van der Waals surface area contributed by atoms with Gasteiger partial charge >= 0.3 is 40.2 Å². The lowest BCUT2D eigenvalue weighted by atomic mass is 10.2. The van der Waals surface area contributed by atoms with Crippen molar-refractivity contribution in [3.63, 3.8) is 0 Å². The number of hydrogen-bond donors (Lipinski definition) is 1. The maximum atomic E-state index is 10.9. The quantitative estimate of drug-likeness (QED) is 0.114. The molecule has 0 fully saturated rings. The molecule has 0 radical (unpaired) electrons. The highest BCUT2D eigenvalue weighted by Crippen LogP contribution is 2.28. The van der Waals surface area contributed by atoms with Crippen molar-refractivity contribution in [1.82, 2.24) is 0 Å². The molecule has 54 heavy (non-hydrogen) atoms. The predicted octanol–water partition coefficient (Wildman–Crippen LogP) is 15.1. The van der Waals surface area contributed by atoms with E-state index in [-0.39, 0.29) is 66.4 Å². The lowest BCUT2D eigenvalue weighted by Crippen LogP contribution is -2.56. The van der Waals surface area contributed by atoms with Crippen LogP contribution in [0.15, 0.2) is 24.3 Å². The third-order valence-electron chi connectivity index (χ3n) is 5.28. The molecule has 1 unspecified atom stereocenters. The van der Waals surface area contributed by atoms with Crippen molar-refractivity contribution in [2.24, 2.45) is 0 Å². The summed E-state index contributed by atoms with van der Waals surface area (Å²) in [6.45, 7) is 41.8. The lowest BCUT2D eigenvalue weighted by molar-refractivity contribution is 0.0696. The number of carboxylic acid groups (broad SMARTS) is 1. The summed E-state index contributed by atoms with van der Waals surface area (Å²) >= 11 is 0. The van der Waals surface area contributed by atoms with Gasteiger partial charge in [-0.3, -0.25) is 0 Å². The van der Waals surface area contributed by atoms with Crippen molar-refractivity contribution < 1.29 is 40.8 Å². The minimum Gasteiger partial charge on any atom is -0.494 e. The molecule has 0 saturated carbocycles. The van der Waals surface area contributed by atoms with E-state index in [4.69, 9.17) is 34.5 Å². The fourth-order valence-electron chi connectivity index (χ4n) is 5.43. The normalized spacial score (nSPS) is 12.9. The van der Waals surface area contributed by atoms with Gasteiger partial charge in [0.15, 0.2) is 33.3 Å². The van der Waals surface area contributed by atoms with E-state index < -0.39 is 73.5 Å². The Bertz CT molecular complexity index is 1060. The summed E-state index contributed by atoms with van der Waals surface area (Å²) in [4.78, 5) is 10.9. The van der Waals surface area contributed by atoms with Crippen LogP contribution in [-0.2, 0) is 24.7 Å². The molecular formula is C37H102O9Si8. The lowest BCUT2D eigenvalue weighted by Gasteiger charge is -2.41.